The summed E-state index contributed by atoms with van der Waals surface area (Å²) in [5, 5.41) is 0. The lowest BCUT2D eigenvalue weighted by Gasteiger charge is -2.38. The Morgan fingerprint density at radius 2 is 2.00 bits per heavy atom. The zero-order chi connectivity index (χ0) is 13.9. The Morgan fingerprint density at radius 3 is 2.44 bits per heavy atom. The molecule has 1 saturated heterocycles. The average Bonchev–Trinajstić information content (AvgIpc) is 2.20. The number of carbonyl (C=O) groups is 1. The molecule has 18 heavy (non-hydrogen) atoms. The fraction of sp³-hybridized carbons (Fsp3) is 0.900. The predicted molar refractivity (Wildman–Crippen MR) is 61.2 cm³/mol. The van der Waals surface area contributed by atoms with Gasteiger partial charge in [0.15, 0.2) is 12.4 Å². The molecule has 0 aromatic carbocycles. The molecular weight excluding hydrogens is 264 g/mol. The molecule has 4 atom stereocenters. The van der Waals surface area contributed by atoms with Gasteiger partial charge in [0.2, 0.25) is 0 Å². The predicted octanol–water partition coefficient (Wildman–Crippen LogP) is 0.0442. The largest absolute Gasteiger partial charge is 0.457 e. The van der Waals surface area contributed by atoms with E-state index in [0.717, 1.165) is 6.26 Å². The van der Waals surface area contributed by atoms with Crippen molar-refractivity contribution < 1.29 is 31.6 Å². The second-order valence-electron chi connectivity index (χ2n) is 4.16. The maximum absolute atomic E-state index is 11.2. The van der Waals surface area contributed by atoms with Crippen molar-refractivity contribution in [2.75, 3.05) is 13.4 Å². The maximum Gasteiger partial charge on any atom is 0.303 e. The summed E-state index contributed by atoms with van der Waals surface area (Å²) in [5.74, 6) is -0.520. The molecule has 1 heterocycles. The summed E-state index contributed by atoms with van der Waals surface area (Å²) in [5.41, 5.74) is 0. The summed E-state index contributed by atoms with van der Waals surface area (Å²) < 4.78 is 42.8. The van der Waals surface area contributed by atoms with Gasteiger partial charge in [-0.1, -0.05) is 0 Å². The van der Waals surface area contributed by atoms with Crippen LogP contribution in [0.5, 0.6) is 0 Å². The van der Waals surface area contributed by atoms with Crippen molar-refractivity contribution in [3.8, 4) is 0 Å². The molecule has 1 unspecified atom stereocenters. The summed E-state index contributed by atoms with van der Waals surface area (Å²) in [7, 11) is -2.20. The highest BCUT2D eigenvalue weighted by Gasteiger charge is 2.41. The van der Waals surface area contributed by atoms with Gasteiger partial charge in [-0.2, -0.15) is 8.42 Å². The van der Waals surface area contributed by atoms with E-state index in [4.69, 9.17) is 18.4 Å². The SMILES string of the molecule is COC1C[C@H](OS(C)(=O)=O)[C@H](OC(C)=O)[C@@H](C)O1. The minimum Gasteiger partial charge on any atom is -0.457 e. The first-order valence-electron chi connectivity index (χ1n) is 5.46. The Morgan fingerprint density at radius 1 is 1.39 bits per heavy atom. The van der Waals surface area contributed by atoms with E-state index in [9.17, 15) is 13.2 Å². The van der Waals surface area contributed by atoms with Crippen LogP contribution < -0.4 is 0 Å². The van der Waals surface area contributed by atoms with Gasteiger partial charge in [0, 0.05) is 20.5 Å². The van der Waals surface area contributed by atoms with Gasteiger partial charge in [0.05, 0.1) is 12.4 Å². The molecule has 0 radical (unpaired) electrons. The Bertz CT molecular complexity index is 391. The Balaban J connectivity index is 2.85. The van der Waals surface area contributed by atoms with Crippen LogP contribution in [0.3, 0.4) is 0 Å². The van der Waals surface area contributed by atoms with Gasteiger partial charge in [0.1, 0.15) is 6.10 Å². The molecule has 1 aliphatic rings. The van der Waals surface area contributed by atoms with E-state index in [0.29, 0.717) is 0 Å². The average molecular weight is 282 g/mol. The van der Waals surface area contributed by atoms with Crippen LogP contribution in [0.2, 0.25) is 0 Å². The molecule has 0 aromatic rings. The number of hydrogen-bond donors (Lipinski definition) is 0. The normalized spacial score (nSPS) is 33.1. The third-order valence-corrected chi connectivity index (χ3v) is 3.08. The van der Waals surface area contributed by atoms with Crippen LogP contribution in [0.1, 0.15) is 20.3 Å². The lowest BCUT2D eigenvalue weighted by molar-refractivity contribution is -0.239. The van der Waals surface area contributed by atoms with Crippen molar-refractivity contribution in [3.63, 3.8) is 0 Å². The van der Waals surface area contributed by atoms with Crippen molar-refractivity contribution in [2.45, 2.75) is 44.9 Å². The van der Waals surface area contributed by atoms with Crippen molar-refractivity contribution >= 4 is 16.1 Å². The monoisotopic (exact) mass is 282 g/mol. The molecular formula is C10H18O7S. The molecule has 0 aliphatic carbocycles. The van der Waals surface area contributed by atoms with Crippen LogP contribution in [-0.4, -0.2) is 52.4 Å². The summed E-state index contributed by atoms with van der Waals surface area (Å²) in [4.78, 5) is 11.0. The topological polar surface area (TPSA) is 88.1 Å². The molecule has 0 spiro atoms. The zero-order valence-electron chi connectivity index (χ0n) is 10.8. The van der Waals surface area contributed by atoms with E-state index in [2.05, 4.69) is 0 Å². The second-order valence-corrected chi connectivity index (χ2v) is 5.76. The Kier molecular flexibility index (Phi) is 5.09. The van der Waals surface area contributed by atoms with Crippen LogP contribution >= 0.6 is 0 Å². The lowest BCUT2D eigenvalue weighted by Crippen LogP contribution is -2.51. The van der Waals surface area contributed by atoms with Crippen LogP contribution in [0.4, 0.5) is 0 Å². The maximum atomic E-state index is 11.2. The Hall–Kier alpha value is -0.700. The van der Waals surface area contributed by atoms with Crippen molar-refractivity contribution in [2.24, 2.45) is 0 Å². The molecule has 0 bridgehead atoms. The summed E-state index contributed by atoms with van der Waals surface area (Å²) in [6, 6.07) is 0. The van der Waals surface area contributed by atoms with E-state index in [1.165, 1.54) is 14.0 Å². The standard InChI is InChI=1S/C10H18O7S/c1-6-10(16-7(2)11)8(17-18(4,12)13)5-9(14-3)15-6/h6,8-10H,5H2,1-4H3/t6-,8+,9?,10-/m1/s1. The van der Waals surface area contributed by atoms with Gasteiger partial charge >= 0.3 is 5.97 Å². The summed E-state index contributed by atoms with van der Waals surface area (Å²) in [6.45, 7) is 2.91. The number of methoxy groups -OCH3 is 1. The lowest BCUT2D eigenvalue weighted by atomic mass is 10.0. The number of esters is 1. The van der Waals surface area contributed by atoms with Gasteiger partial charge < -0.3 is 14.2 Å². The molecule has 0 N–H and O–H groups in total. The molecule has 0 saturated carbocycles. The van der Waals surface area contributed by atoms with E-state index < -0.39 is 40.7 Å². The van der Waals surface area contributed by atoms with Gasteiger partial charge in [-0.25, -0.2) is 0 Å². The third kappa shape index (κ3) is 4.52. The van der Waals surface area contributed by atoms with Crippen LogP contribution in [0.15, 0.2) is 0 Å². The first-order chi connectivity index (χ1) is 8.23. The van der Waals surface area contributed by atoms with Gasteiger partial charge in [-0.3, -0.25) is 8.98 Å². The number of rotatable bonds is 4. The van der Waals surface area contributed by atoms with Crippen LogP contribution in [-0.2, 0) is 33.3 Å². The molecule has 7 nitrogen and oxygen atoms in total. The minimum absolute atomic E-state index is 0.172. The van der Waals surface area contributed by atoms with Crippen LogP contribution in [0.25, 0.3) is 0 Å². The molecule has 0 amide bonds. The molecule has 1 rings (SSSR count). The van der Waals surface area contributed by atoms with E-state index in [1.54, 1.807) is 6.92 Å². The van der Waals surface area contributed by atoms with Gasteiger partial charge in [0.25, 0.3) is 10.1 Å². The molecule has 8 heteroatoms. The molecule has 0 aromatic heterocycles. The summed E-state index contributed by atoms with van der Waals surface area (Å²) >= 11 is 0. The quantitative estimate of drug-likeness (QED) is 0.531. The van der Waals surface area contributed by atoms with Crippen molar-refractivity contribution in [3.05, 3.63) is 0 Å². The molecule has 1 aliphatic heterocycles. The number of hydrogen-bond acceptors (Lipinski definition) is 7. The van der Waals surface area contributed by atoms with E-state index in [-0.39, 0.29) is 6.42 Å². The van der Waals surface area contributed by atoms with Crippen LogP contribution in [0, 0.1) is 0 Å². The highest BCUT2D eigenvalue weighted by Crippen LogP contribution is 2.26. The highest BCUT2D eigenvalue weighted by molar-refractivity contribution is 7.86. The first-order valence-corrected chi connectivity index (χ1v) is 7.28. The number of carbonyl (C=O) groups excluding carboxylic acids is 1. The fourth-order valence-electron chi connectivity index (χ4n) is 1.83. The van der Waals surface area contributed by atoms with E-state index in [1.807, 2.05) is 0 Å². The van der Waals surface area contributed by atoms with Crippen molar-refractivity contribution in [1.29, 1.82) is 0 Å². The Labute approximate surface area is 106 Å². The van der Waals surface area contributed by atoms with Gasteiger partial charge in [-0.15, -0.1) is 0 Å². The first kappa shape index (κ1) is 15.4. The zero-order valence-corrected chi connectivity index (χ0v) is 11.6. The molecule has 1 fully saturated rings. The van der Waals surface area contributed by atoms with Crippen molar-refractivity contribution in [1.82, 2.24) is 0 Å². The second kappa shape index (κ2) is 5.96. The minimum atomic E-state index is -3.65. The summed E-state index contributed by atoms with van der Waals surface area (Å²) in [6.07, 6.45) is -1.56. The molecule has 106 valence electrons. The highest BCUT2D eigenvalue weighted by atomic mass is 32.2. The third-order valence-electron chi connectivity index (χ3n) is 2.48. The van der Waals surface area contributed by atoms with E-state index >= 15 is 0 Å². The smallest absolute Gasteiger partial charge is 0.303 e. The number of ether oxygens (including phenoxy) is 3. The fourth-order valence-corrected chi connectivity index (χ4v) is 2.47. The van der Waals surface area contributed by atoms with Gasteiger partial charge in [-0.05, 0) is 6.92 Å².